The number of carbonyl (C=O) groups excluding carboxylic acids is 1. The van der Waals surface area contributed by atoms with Crippen LogP contribution in [0.15, 0.2) is 0 Å². The van der Waals surface area contributed by atoms with Gasteiger partial charge in [-0.2, -0.15) is 0 Å². The summed E-state index contributed by atoms with van der Waals surface area (Å²) < 4.78 is 0. The van der Waals surface area contributed by atoms with Crippen molar-refractivity contribution >= 4 is 17.5 Å². The molecule has 1 aliphatic rings. The summed E-state index contributed by atoms with van der Waals surface area (Å²) in [5.41, 5.74) is 0. The highest BCUT2D eigenvalue weighted by Gasteiger charge is 2.25. The van der Waals surface area contributed by atoms with Crippen molar-refractivity contribution in [1.82, 2.24) is 5.32 Å². The van der Waals surface area contributed by atoms with Crippen molar-refractivity contribution in [1.29, 1.82) is 0 Å². The summed E-state index contributed by atoms with van der Waals surface area (Å²) in [7, 11) is 0. The van der Waals surface area contributed by atoms with Gasteiger partial charge in [-0.15, -0.1) is 11.6 Å². The molecule has 1 N–H and O–H groups in total. The second-order valence-electron chi connectivity index (χ2n) is 4.22. The smallest absolute Gasteiger partial charge is 0.220 e. The first-order valence-electron chi connectivity index (χ1n) is 4.98. The van der Waals surface area contributed by atoms with Gasteiger partial charge < -0.3 is 5.32 Å². The lowest BCUT2D eigenvalue weighted by atomic mass is 10.1. The van der Waals surface area contributed by atoms with Gasteiger partial charge in [0, 0.05) is 18.3 Å². The minimum Gasteiger partial charge on any atom is -0.352 e. The highest BCUT2D eigenvalue weighted by molar-refractivity contribution is 6.18. The Bertz CT molecular complexity index is 178. The quantitative estimate of drug-likeness (QED) is 0.682. The second kappa shape index (κ2) is 4.85. The first-order valence-corrected chi connectivity index (χ1v) is 5.52. The summed E-state index contributed by atoms with van der Waals surface area (Å²) in [6.07, 6.45) is 3.14. The van der Waals surface area contributed by atoms with E-state index < -0.39 is 0 Å². The van der Waals surface area contributed by atoms with Gasteiger partial charge in [-0.1, -0.05) is 13.8 Å². The fourth-order valence-electron chi connectivity index (χ4n) is 1.23. The van der Waals surface area contributed by atoms with Crippen LogP contribution in [-0.2, 0) is 4.79 Å². The molecule has 0 bridgehead atoms. The largest absolute Gasteiger partial charge is 0.352 e. The predicted octanol–water partition coefficient (Wildman–Crippen LogP) is 2.17. The summed E-state index contributed by atoms with van der Waals surface area (Å²) in [6, 6.07) is 0.132. The molecule has 0 spiro atoms. The first-order chi connectivity index (χ1) is 6.13. The molecule has 0 heterocycles. The maximum atomic E-state index is 11.4. The molecule has 0 saturated heterocycles. The summed E-state index contributed by atoms with van der Waals surface area (Å²) in [4.78, 5) is 11.4. The van der Waals surface area contributed by atoms with E-state index in [1.165, 1.54) is 12.8 Å². The Balaban J connectivity index is 2.22. The predicted molar refractivity (Wildman–Crippen MR) is 54.8 cm³/mol. The molecule has 76 valence electrons. The number of nitrogens with one attached hydrogen (secondary N) is 1. The Morgan fingerprint density at radius 1 is 1.54 bits per heavy atom. The van der Waals surface area contributed by atoms with Crippen LogP contribution < -0.4 is 5.32 Å². The van der Waals surface area contributed by atoms with E-state index >= 15 is 0 Å². The molecule has 1 aliphatic carbocycles. The molecule has 1 amide bonds. The number of hydrogen-bond acceptors (Lipinski definition) is 1. The van der Waals surface area contributed by atoms with Gasteiger partial charge in [0.2, 0.25) is 5.91 Å². The van der Waals surface area contributed by atoms with Crippen molar-refractivity contribution in [3.8, 4) is 0 Å². The minimum absolute atomic E-state index is 0.132. The van der Waals surface area contributed by atoms with E-state index in [4.69, 9.17) is 11.6 Å². The number of halogens is 1. The zero-order chi connectivity index (χ0) is 9.84. The molecule has 0 radical (unpaired) electrons. The number of hydrogen-bond donors (Lipinski definition) is 1. The van der Waals surface area contributed by atoms with Crippen molar-refractivity contribution in [2.45, 2.75) is 39.2 Å². The van der Waals surface area contributed by atoms with E-state index in [1.807, 2.05) is 0 Å². The third kappa shape index (κ3) is 3.99. The van der Waals surface area contributed by atoms with E-state index in [2.05, 4.69) is 19.2 Å². The summed E-state index contributed by atoms with van der Waals surface area (Å²) >= 11 is 5.74. The minimum atomic E-state index is 0.132. The maximum Gasteiger partial charge on any atom is 0.220 e. The van der Waals surface area contributed by atoms with Crippen molar-refractivity contribution in [3.63, 3.8) is 0 Å². The fraction of sp³-hybridized carbons (Fsp3) is 0.900. The van der Waals surface area contributed by atoms with E-state index in [0.29, 0.717) is 24.1 Å². The number of carbonyl (C=O) groups is 1. The van der Waals surface area contributed by atoms with Crippen molar-refractivity contribution < 1.29 is 4.79 Å². The van der Waals surface area contributed by atoms with Crippen LogP contribution in [-0.4, -0.2) is 17.8 Å². The van der Waals surface area contributed by atoms with Crippen molar-refractivity contribution in [2.75, 3.05) is 5.88 Å². The highest BCUT2D eigenvalue weighted by Crippen LogP contribution is 2.32. The SMILES string of the molecule is CC(C)C(CCl)NC(=O)CC1CC1. The van der Waals surface area contributed by atoms with Gasteiger partial charge in [-0.25, -0.2) is 0 Å². The Hall–Kier alpha value is -0.240. The molecule has 1 unspecified atom stereocenters. The topological polar surface area (TPSA) is 29.1 Å². The third-order valence-corrected chi connectivity index (χ3v) is 2.82. The Kier molecular flexibility index (Phi) is 4.04. The van der Waals surface area contributed by atoms with Crippen LogP contribution in [0.25, 0.3) is 0 Å². The fourth-order valence-corrected chi connectivity index (χ4v) is 1.67. The van der Waals surface area contributed by atoms with Crippen LogP contribution in [0.2, 0.25) is 0 Å². The molecular formula is C10H18ClNO. The molecule has 1 saturated carbocycles. The summed E-state index contributed by atoms with van der Waals surface area (Å²) in [5.74, 6) is 1.75. The Labute approximate surface area is 85.0 Å². The summed E-state index contributed by atoms with van der Waals surface area (Å²) in [6.45, 7) is 4.15. The lowest BCUT2D eigenvalue weighted by Crippen LogP contribution is -2.39. The molecule has 3 heteroatoms. The lowest BCUT2D eigenvalue weighted by molar-refractivity contribution is -0.122. The van der Waals surface area contributed by atoms with Gasteiger partial charge in [0.1, 0.15) is 0 Å². The van der Waals surface area contributed by atoms with Gasteiger partial charge in [-0.05, 0) is 24.7 Å². The van der Waals surface area contributed by atoms with Gasteiger partial charge in [0.05, 0.1) is 0 Å². The van der Waals surface area contributed by atoms with E-state index in [9.17, 15) is 4.79 Å². The van der Waals surface area contributed by atoms with Gasteiger partial charge in [-0.3, -0.25) is 4.79 Å². The zero-order valence-electron chi connectivity index (χ0n) is 8.35. The van der Waals surface area contributed by atoms with Crippen LogP contribution >= 0.6 is 11.6 Å². The molecule has 1 fully saturated rings. The average molecular weight is 204 g/mol. The van der Waals surface area contributed by atoms with E-state index in [-0.39, 0.29) is 11.9 Å². The monoisotopic (exact) mass is 203 g/mol. The number of rotatable bonds is 5. The number of amides is 1. The van der Waals surface area contributed by atoms with E-state index in [1.54, 1.807) is 0 Å². The van der Waals surface area contributed by atoms with Gasteiger partial charge in [0.15, 0.2) is 0 Å². The molecule has 1 rings (SSSR count). The molecular weight excluding hydrogens is 186 g/mol. The molecule has 0 aromatic heterocycles. The first kappa shape index (κ1) is 10.8. The molecule has 0 aromatic carbocycles. The molecule has 13 heavy (non-hydrogen) atoms. The third-order valence-electron chi connectivity index (χ3n) is 2.49. The zero-order valence-corrected chi connectivity index (χ0v) is 9.10. The lowest BCUT2D eigenvalue weighted by Gasteiger charge is -2.19. The second-order valence-corrected chi connectivity index (χ2v) is 4.53. The van der Waals surface area contributed by atoms with Crippen LogP contribution in [0.3, 0.4) is 0 Å². The van der Waals surface area contributed by atoms with Crippen molar-refractivity contribution in [2.24, 2.45) is 11.8 Å². The van der Waals surface area contributed by atoms with Crippen LogP contribution in [0.5, 0.6) is 0 Å². The van der Waals surface area contributed by atoms with Crippen LogP contribution in [0, 0.1) is 11.8 Å². The Morgan fingerprint density at radius 3 is 2.54 bits per heavy atom. The standard InChI is InChI=1S/C10H18ClNO/c1-7(2)9(6-11)12-10(13)5-8-3-4-8/h7-9H,3-6H2,1-2H3,(H,12,13). The van der Waals surface area contributed by atoms with Gasteiger partial charge in [0.25, 0.3) is 0 Å². The normalized spacial score (nSPS) is 18.8. The Morgan fingerprint density at radius 2 is 2.15 bits per heavy atom. The average Bonchev–Trinajstić information content (AvgIpc) is 2.83. The van der Waals surface area contributed by atoms with Crippen LogP contribution in [0.4, 0.5) is 0 Å². The van der Waals surface area contributed by atoms with Gasteiger partial charge >= 0.3 is 0 Å². The maximum absolute atomic E-state index is 11.4. The van der Waals surface area contributed by atoms with E-state index in [0.717, 1.165) is 0 Å². The van der Waals surface area contributed by atoms with Crippen LogP contribution in [0.1, 0.15) is 33.1 Å². The summed E-state index contributed by atoms with van der Waals surface area (Å²) in [5, 5.41) is 2.97. The highest BCUT2D eigenvalue weighted by atomic mass is 35.5. The molecule has 0 aliphatic heterocycles. The van der Waals surface area contributed by atoms with Crippen molar-refractivity contribution in [3.05, 3.63) is 0 Å². The molecule has 0 aromatic rings. The molecule has 1 atom stereocenters. The molecule has 2 nitrogen and oxygen atoms in total. The number of alkyl halides is 1.